The van der Waals surface area contributed by atoms with Gasteiger partial charge >= 0.3 is 0 Å². The number of carbonyl (C=O) groups excluding carboxylic acids is 1. The number of rotatable bonds is 11. The molecule has 0 unspecified atom stereocenters. The highest BCUT2D eigenvalue weighted by Crippen LogP contribution is 2.33. The molecule has 3 aromatic rings. The van der Waals surface area contributed by atoms with Crippen LogP contribution in [0.25, 0.3) is 11.5 Å². The van der Waals surface area contributed by atoms with Crippen LogP contribution < -0.4 is 14.2 Å². The van der Waals surface area contributed by atoms with Crippen LogP contribution in [-0.4, -0.2) is 37.3 Å². The second-order valence-electron chi connectivity index (χ2n) is 7.13. The molecule has 7 heteroatoms. The summed E-state index contributed by atoms with van der Waals surface area (Å²) in [6.07, 6.45) is 2.17. The fraction of sp³-hybridized carbons (Fsp3) is 0.333. The normalized spacial score (nSPS) is 10.9. The van der Waals surface area contributed by atoms with Crippen molar-refractivity contribution in [3.63, 3.8) is 0 Å². The molecule has 0 N–H and O–H groups in total. The van der Waals surface area contributed by atoms with Crippen molar-refractivity contribution in [2.24, 2.45) is 0 Å². The lowest BCUT2D eigenvalue weighted by Crippen LogP contribution is -2.07. The number of hydrogen-bond donors (Lipinski definition) is 0. The molecule has 0 bridgehead atoms. The quantitative estimate of drug-likeness (QED) is 0.387. The Bertz CT molecular complexity index is 1010. The van der Waals surface area contributed by atoms with Crippen molar-refractivity contribution in [3.05, 3.63) is 60.0 Å². The zero-order chi connectivity index (χ0) is 22.2. The average Bonchev–Trinajstić information content (AvgIpc) is 3.25. The van der Waals surface area contributed by atoms with Gasteiger partial charge in [-0.2, -0.15) is 0 Å². The molecule has 0 aliphatic carbocycles. The van der Waals surface area contributed by atoms with Gasteiger partial charge in [-0.15, -0.1) is 0 Å². The van der Waals surface area contributed by atoms with Crippen LogP contribution in [0.15, 0.2) is 53.1 Å². The maximum Gasteiger partial charge on any atom is 0.226 e. The highest BCUT2D eigenvalue weighted by Gasteiger charge is 2.15. The molecule has 0 atom stereocenters. The fourth-order valence-corrected chi connectivity index (χ4v) is 3.06. The summed E-state index contributed by atoms with van der Waals surface area (Å²) in [5, 5.41) is 0. The summed E-state index contributed by atoms with van der Waals surface area (Å²) in [4.78, 5) is 17.1. The number of halogens is 1. The zero-order valence-electron chi connectivity index (χ0n) is 17.9. The van der Waals surface area contributed by atoms with Crippen molar-refractivity contribution in [1.29, 1.82) is 0 Å². The van der Waals surface area contributed by atoms with Gasteiger partial charge in [0.2, 0.25) is 5.89 Å². The number of oxazole rings is 1. The minimum Gasteiger partial charge on any atom is -0.493 e. The van der Waals surface area contributed by atoms with E-state index >= 15 is 0 Å². The summed E-state index contributed by atoms with van der Waals surface area (Å²) in [6.45, 7) is 3.18. The number of para-hydroxylation sites is 1. The minimum absolute atomic E-state index is 0.00737. The van der Waals surface area contributed by atoms with E-state index in [9.17, 15) is 9.18 Å². The van der Waals surface area contributed by atoms with Gasteiger partial charge in [0.15, 0.2) is 17.3 Å². The third kappa shape index (κ3) is 5.84. The zero-order valence-corrected chi connectivity index (χ0v) is 17.9. The summed E-state index contributed by atoms with van der Waals surface area (Å²) >= 11 is 0. The Morgan fingerprint density at radius 3 is 2.68 bits per heavy atom. The van der Waals surface area contributed by atoms with Gasteiger partial charge < -0.3 is 18.6 Å². The number of ether oxygens (including phenoxy) is 3. The van der Waals surface area contributed by atoms with Gasteiger partial charge in [-0.05, 0) is 44.2 Å². The summed E-state index contributed by atoms with van der Waals surface area (Å²) in [7, 11) is 1.59. The number of methoxy groups -OCH3 is 1. The van der Waals surface area contributed by atoms with Crippen LogP contribution in [-0.2, 0) is 6.42 Å². The minimum atomic E-state index is -0.612. The molecule has 0 spiro atoms. The predicted molar refractivity (Wildman–Crippen MR) is 115 cm³/mol. The van der Waals surface area contributed by atoms with E-state index in [0.717, 1.165) is 5.56 Å². The van der Waals surface area contributed by atoms with Gasteiger partial charge in [-0.1, -0.05) is 12.1 Å². The van der Waals surface area contributed by atoms with E-state index in [1.807, 2.05) is 26.0 Å². The van der Waals surface area contributed by atoms with Crippen molar-refractivity contribution in [1.82, 2.24) is 4.98 Å². The molecule has 3 rings (SSSR count). The van der Waals surface area contributed by atoms with Crippen molar-refractivity contribution < 1.29 is 27.8 Å². The van der Waals surface area contributed by atoms with Crippen molar-refractivity contribution >= 4 is 5.78 Å². The van der Waals surface area contributed by atoms with E-state index in [0.29, 0.717) is 40.8 Å². The number of Topliss-reactive ketones (excluding diaryl/α,β-unsaturated/α-hetero) is 1. The molecule has 0 fully saturated rings. The number of ketones is 1. The summed E-state index contributed by atoms with van der Waals surface area (Å²) in [5.41, 5.74) is 1.84. The van der Waals surface area contributed by atoms with E-state index < -0.39 is 6.67 Å². The Morgan fingerprint density at radius 1 is 1.13 bits per heavy atom. The lowest BCUT2D eigenvalue weighted by atomic mass is 10.0. The smallest absolute Gasteiger partial charge is 0.226 e. The van der Waals surface area contributed by atoms with Gasteiger partial charge in [-0.3, -0.25) is 4.79 Å². The molecule has 2 aromatic carbocycles. The molecule has 6 nitrogen and oxygen atoms in total. The van der Waals surface area contributed by atoms with Crippen molar-refractivity contribution in [2.75, 3.05) is 20.4 Å². The number of carbonyl (C=O) groups is 1. The first-order chi connectivity index (χ1) is 15.0. The Kier molecular flexibility index (Phi) is 7.65. The third-order valence-corrected chi connectivity index (χ3v) is 4.46. The van der Waals surface area contributed by atoms with Crippen LogP contribution in [0.5, 0.6) is 17.2 Å². The SMILES string of the molecule is COc1ccc(-c2nc(CCC(=O)c3ccccc3OCCF)co2)cc1OC(C)C. The van der Waals surface area contributed by atoms with Crippen molar-refractivity contribution in [2.45, 2.75) is 32.8 Å². The highest BCUT2D eigenvalue weighted by molar-refractivity contribution is 5.98. The lowest BCUT2D eigenvalue weighted by Gasteiger charge is -2.13. The fourth-order valence-electron chi connectivity index (χ4n) is 3.06. The molecule has 0 saturated heterocycles. The predicted octanol–water partition coefficient (Wildman–Crippen LogP) is 5.30. The Hall–Kier alpha value is -3.35. The number of aromatic nitrogens is 1. The van der Waals surface area contributed by atoms with Gasteiger partial charge in [0.05, 0.1) is 24.5 Å². The Morgan fingerprint density at radius 2 is 1.94 bits per heavy atom. The first-order valence-electron chi connectivity index (χ1n) is 10.1. The van der Waals surface area contributed by atoms with Crippen LogP contribution in [0.4, 0.5) is 4.39 Å². The van der Waals surface area contributed by atoms with Crippen molar-refractivity contribution in [3.8, 4) is 28.7 Å². The van der Waals surface area contributed by atoms with E-state index in [1.165, 1.54) is 0 Å². The first-order valence-corrected chi connectivity index (χ1v) is 10.1. The molecule has 0 saturated carbocycles. The van der Waals surface area contributed by atoms with Crippen LogP contribution in [0.3, 0.4) is 0 Å². The number of alkyl halides is 1. The molecule has 164 valence electrons. The second kappa shape index (κ2) is 10.6. The van der Waals surface area contributed by atoms with Gasteiger partial charge in [0, 0.05) is 18.4 Å². The van der Waals surface area contributed by atoms with E-state index in [2.05, 4.69) is 4.98 Å². The maximum absolute atomic E-state index is 12.6. The molecule has 1 aromatic heterocycles. The van der Waals surface area contributed by atoms with Crippen LogP contribution in [0, 0.1) is 0 Å². The third-order valence-electron chi connectivity index (χ3n) is 4.46. The second-order valence-corrected chi connectivity index (χ2v) is 7.13. The standard InChI is InChI=1S/C24H26FNO5/c1-16(2)31-23-14-17(8-11-22(23)28-3)24-26-18(15-30-24)9-10-20(27)19-6-4-5-7-21(19)29-13-12-25/h4-8,11,14-16H,9-10,12-13H2,1-3H3. The summed E-state index contributed by atoms with van der Waals surface area (Å²) in [5.74, 6) is 1.96. The van der Waals surface area contributed by atoms with E-state index in [-0.39, 0.29) is 24.9 Å². The maximum atomic E-state index is 12.6. The highest BCUT2D eigenvalue weighted by atomic mass is 19.1. The molecule has 0 aliphatic heterocycles. The first kappa shape index (κ1) is 22.3. The molecule has 1 heterocycles. The molecule has 0 amide bonds. The van der Waals surface area contributed by atoms with E-state index in [1.54, 1.807) is 43.7 Å². The Balaban J connectivity index is 1.69. The monoisotopic (exact) mass is 427 g/mol. The summed E-state index contributed by atoms with van der Waals surface area (Å²) in [6, 6.07) is 12.3. The van der Waals surface area contributed by atoms with Crippen LogP contribution in [0.2, 0.25) is 0 Å². The Labute approximate surface area is 181 Å². The largest absolute Gasteiger partial charge is 0.493 e. The van der Waals surface area contributed by atoms with Gasteiger partial charge in [0.1, 0.15) is 25.3 Å². The van der Waals surface area contributed by atoms with Gasteiger partial charge in [0.25, 0.3) is 0 Å². The van der Waals surface area contributed by atoms with E-state index in [4.69, 9.17) is 18.6 Å². The molecule has 0 aliphatic rings. The molecular weight excluding hydrogens is 401 g/mol. The lowest BCUT2D eigenvalue weighted by molar-refractivity contribution is 0.0978. The topological polar surface area (TPSA) is 70.8 Å². The summed E-state index contributed by atoms with van der Waals surface area (Å²) < 4.78 is 34.5. The van der Waals surface area contributed by atoms with Crippen LogP contribution >= 0.6 is 0 Å². The number of benzene rings is 2. The average molecular weight is 427 g/mol. The van der Waals surface area contributed by atoms with Gasteiger partial charge in [-0.25, -0.2) is 9.37 Å². The molecule has 0 radical (unpaired) electrons. The number of nitrogens with zero attached hydrogens (tertiary/aromatic N) is 1. The molecule has 31 heavy (non-hydrogen) atoms. The molecular formula is C24H26FNO5. The number of hydrogen-bond acceptors (Lipinski definition) is 6. The number of aryl methyl sites for hydroxylation is 1. The van der Waals surface area contributed by atoms with Crippen LogP contribution in [0.1, 0.15) is 36.3 Å².